The van der Waals surface area contributed by atoms with Crippen LogP contribution >= 0.6 is 0 Å². The molecule has 2 aromatic rings. The van der Waals surface area contributed by atoms with Gasteiger partial charge in [0, 0.05) is 31.3 Å². The van der Waals surface area contributed by atoms with E-state index in [4.69, 9.17) is 9.47 Å². The number of hydrogen-bond donors (Lipinski definition) is 1. The Morgan fingerprint density at radius 2 is 2.04 bits per heavy atom. The molecule has 1 aromatic carbocycles. The summed E-state index contributed by atoms with van der Waals surface area (Å²) in [6.07, 6.45) is 5.15. The van der Waals surface area contributed by atoms with E-state index in [-0.39, 0.29) is 0 Å². The van der Waals surface area contributed by atoms with Crippen LogP contribution in [-0.2, 0) is 4.74 Å². The van der Waals surface area contributed by atoms with Crippen LogP contribution in [0.5, 0.6) is 5.75 Å². The van der Waals surface area contributed by atoms with Crippen molar-refractivity contribution in [1.29, 1.82) is 0 Å². The molecule has 0 amide bonds. The fourth-order valence-corrected chi connectivity index (χ4v) is 3.50. The number of nitrogens with zero attached hydrogens (tertiary/aromatic N) is 4. The van der Waals surface area contributed by atoms with E-state index < -0.39 is 0 Å². The van der Waals surface area contributed by atoms with Gasteiger partial charge in [-0.05, 0) is 37.3 Å². The van der Waals surface area contributed by atoms with E-state index in [1.54, 1.807) is 13.4 Å². The van der Waals surface area contributed by atoms with Crippen molar-refractivity contribution < 1.29 is 9.47 Å². The van der Waals surface area contributed by atoms with Crippen LogP contribution in [0.1, 0.15) is 19.3 Å². The Labute approximate surface area is 159 Å². The van der Waals surface area contributed by atoms with Crippen molar-refractivity contribution in [2.75, 3.05) is 38.8 Å². The molecule has 3 aliphatic rings. The highest BCUT2D eigenvalue weighted by atomic mass is 16.5. The third-order valence-electron chi connectivity index (χ3n) is 5.15. The molecule has 1 saturated heterocycles. The molecule has 7 nitrogen and oxygen atoms in total. The molecule has 5 rings (SSSR count). The van der Waals surface area contributed by atoms with Gasteiger partial charge in [-0.15, -0.1) is 0 Å². The number of methoxy groups -OCH3 is 1. The quantitative estimate of drug-likeness (QED) is 0.899. The van der Waals surface area contributed by atoms with Gasteiger partial charge in [-0.1, -0.05) is 12.1 Å². The average Bonchev–Trinajstić information content (AvgIpc) is 2.74. The zero-order chi connectivity index (χ0) is 18.5. The number of piperidine rings is 1. The van der Waals surface area contributed by atoms with Crippen molar-refractivity contribution in [3.8, 4) is 17.0 Å². The predicted molar refractivity (Wildman–Crippen MR) is 105 cm³/mol. The molecule has 4 heterocycles. The molecule has 142 valence electrons. The average molecular weight is 367 g/mol. The summed E-state index contributed by atoms with van der Waals surface area (Å²) < 4.78 is 11.2. The SMILES string of the molecule is COc1cccc(-c2cc(NC3=NCCC4CCN(CC4)CO3)ncn2)c1. The molecule has 27 heavy (non-hydrogen) atoms. The lowest BCUT2D eigenvalue weighted by molar-refractivity contribution is 0.0761. The van der Waals surface area contributed by atoms with Crippen LogP contribution in [0.3, 0.4) is 0 Å². The van der Waals surface area contributed by atoms with Crippen LogP contribution in [0.15, 0.2) is 41.7 Å². The molecule has 1 fully saturated rings. The third-order valence-corrected chi connectivity index (χ3v) is 5.15. The molecule has 2 bridgehead atoms. The second kappa shape index (κ2) is 8.35. The standard InChI is InChI=1S/C20H25N5O2/c1-26-17-4-2-3-16(11-17)18-12-19(23-13-22-18)24-20-21-8-5-15-6-9-25(10-7-15)14-27-20/h2-4,11-13,15H,5-10,14H2,1H3,(H,21,22,23,24). The molecular formula is C20H25N5O2. The van der Waals surface area contributed by atoms with Crippen molar-refractivity contribution >= 4 is 11.8 Å². The number of ether oxygens (including phenoxy) is 2. The zero-order valence-corrected chi connectivity index (χ0v) is 15.6. The molecule has 0 radical (unpaired) electrons. The van der Waals surface area contributed by atoms with Crippen LogP contribution in [0.2, 0.25) is 0 Å². The summed E-state index contributed by atoms with van der Waals surface area (Å²) >= 11 is 0. The van der Waals surface area contributed by atoms with E-state index >= 15 is 0 Å². The number of amidine groups is 1. The minimum atomic E-state index is 0.526. The second-order valence-corrected chi connectivity index (χ2v) is 6.96. The first-order chi connectivity index (χ1) is 13.3. The highest BCUT2D eigenvalue weighted by Crippen LogP contribution is 2.24. The van der Waals surface area contributed by atoms with Crippen LogP contribution in [-0.4, -0.2) is 54.4 Å². The monoisotopic (exact) mass is 367 g/mol. The van der Waals surface area contributed by atoms with Gasteiger partial charge in [0.15, 0.2) is 0 Å². The van der Waals surface area contributed by atoms with E-state index in [1.165, 1.54) is 12.8 Å². The van der Waals surface area contributed by atoms with Gasteiger partial charge in [0.05, 0.1) is 12.8 Å². The van der Waals surface area contributed by atoms with E-state index in [9.17, 15) is 0 Å². The first-order valence-electron chi connectivity index (χ1n) is 9.43. The predicted octanol–water partition coefficient (Wildman–Crippen LogP) is 3.01. The van der Waals surface area contributed by atoms with Crippen LogP contribution < -0.4 is 10.1 Å². The summed E-state index contributed by atoms with van der Waals surface area (Å²) in [5.74, 6) is 2.24. The second-order valence-electron chi connectivity index (χ2n) is 6.96. The Hall–Kier alpha value is -2.67. The zero-order valence-electron chi connectivity index (χ0n) is 15.6. The number of benzene rings is 1. The summed E-state index contributed by atoms with van der Waals surface area (Å²) in [4.78, 5) is 15.6. The maximum Gasteiger partial charge on any atom is 0.291 e. The molecular weight excluding hydrogens is 342 g/mol. The third kappa shape index (κ3) is 4.54. The Kier molecular flexibility index (Phi) is 5.48. The summed E-state index contributed by atoms with van der Waals surface area (Å²) in [6.45, 7) is 3.55. The number of nitrogens with one attached hydrogen (secondary N) is 1. The molecule has 1 N–H and O–H groups in total. The Bertz CT molecular complexity index is 802. The first kappa shape index (κ1) is 17.7. The van der Waals surface area contributed by atoms with Crippen LogP contribution in [0.25, 0.3) is 11.3 Å². The molecule has 7 heteroatoms. The summed E-state index contributed by atoms with van der Waals surface area (Å²) in [7, 11) is 1.66. The normalized spacial score (nSPS) is 22.5. The number of hydrogen-bond acceptors (Lipinski definition) is 7. The molecule has 0 aliphatic carbocycles. The largest absolute Gasteiger partial charge is 0.497 e. The molecule has 1 aromatic heterocycles. The molecule has 0 spiro atoms. The Morgan fingerprint density at radius 3 is 2.89 bits per heavy atom. The minimum Gasteiger partial charge on any atom is -0.497 e. The molecule has 0 saturated carbocycles. The fraction of sp³-hybridized carbons (Fsp3) is 0.450. The summed E-state index contributed by atoms with van der Waals surface area (Å²) in [5, 5.41) is 3.21. The van der Waals surface area contributed by atoms with E-state index in [0.717, 1.165) is 49.0 Å². The van der Waals surface area contributed by atoms with Crippen molar-refractivity contribution in [1.82, 2.24) is 14.9 Å². The fourth-order valence-electron chi connectivity index (χ4n) is 3.50. The number of fused-ring (bicyclic) bond motifs is 6. The molecule has 3 aliphatic heterocycles. The van der Waals surface area contributed by atoms with Gasteiger partial charge in [0.1, 0.15) is 24.6 Å². The smallest absolute Gasteiger partial charge is 0.291 e. The number of aliphatic imine (C=N–C) groups is 1. The summed E-state index contributed by atoms with van der Waals surface area (Å²) in [5.41, 5.74) is 1.78. The Balaban J connectivity index is 1.50. The van der Waals surface area contributed by atoms with Crippen molar-refractivity contribution in [3.05, 3.63) is 36.7 Å². The maximum absolute atomic E-state index is 5.92. The molecule has 0 unspecified atom stereocenters. The van der Waals surface area contributed by atoms with Gasteiger partial charge < -0.3 is 9.47 Å². The highest BCUT2D eigenvalue weighted by molar-refractivity contribution is 5.88. The van der Waals surface area contributed by atoms with Crippen LogP contribution in [0, 0.1) is 5.92 Å². The number of aromatic nitrogens is 2. The lowest BCUT2D eigenvalue weighted by Gasteiger charge is -2.32. The van der Waals surface area contributed by atoms with Crippen molar-refractivity contribution in [2.45, 2.75) is 19.3 Å². The van der Waals surface area contributed by atoms with Crippen LogP contribution in [0.4, 0.5) is 5.82 Å². The van der Waals surface area contributed by atoms with Crippen molar-refractivity contribution in [2.24, 2.45) is 10.9 Å². The first-order valence-corrected chi connectivity index (χ1v) is 9.43. The number of rotatable bonds is 3. The maximum atomic E-state index is 5.92. The van der Waals surface area contributed by atoms with Gasteiger partial charge in [0.25, 0.3) is 6.02 Å². The Morgan fingerprint density at radius 1 is 1.15 bits per heavy atom. The van der Waals surface area contributed by atoms with Crippen molar-refractivity contribution in [3.63, 3.8) is 0 Å². The van der Waals surface area contributed by atoms with E-state index in [2.05, 4.69) is 25.2 Å². The van der Waals surface area contributed by atoms with Gasteiger partial charge in [-0.3, -0.25) is 10.2 Å². The highest BCUT2D eigenvalue weighted by Gasteiger charge is 2.21. The van der Waals surface area contributed by atoms with E-state index in [0.29, 0.717) is 18.6 Å². The van der Waals surface area contributed by atoms with Gasteiger partial charge in [-0.2, -0.15) is 0 Å². The van der Waals surface area contributed by atoms with Gasteiger partial charge >= 0.3 is 0 Å². The van der Waals surface area contributed by atoms with Gasteiger partial charge in [-0.25, -0.2) is 15.0 Å². The van der Waals surface area contributed by atoms with E-state index in [1.807, 2.05) is 30.3 Å². The lowest BCUT2D eigenvalue weighted by Crippen LogP contribution is -2.38. The lowest BCUT2D eigenvalue weighted by atomic mass is 9.94. The molecule has 0 atom stereocenters. The minimum absolute atomic E-state index is 0.526. The topological polar surface area (TPSA) is 71.9 Å². The summed E-state index contributed by atoms with van der Waals surface area (Å²) in [6, 6.07) is 10.2. The van der Waals surface area contributed by atoms with Gasteiger partial charge in [0.2, 0.25) is 0 Å². The number of anilines is 1.